The Hall–Kier alpha value is -0.540. The van der Waals surface area contributed by atoms with E-state index in [0.29, 0.717) is 5.75 Å². The molecule has 1 rings (SSSR count). The van der Waals surface area contributed by atoms with E-state index in [1.54, 1.807) is 6.07 Å². The molecule has 1 aromatic carbocycles. The minimum absolute atomic E-state index is 0.125. The van der Waals surface area contributed by atoms with Crippen LogP contribution >= 0.6 is 15.9 Å². The molecule has 72 valence electrons. The molecule has 0 saturated carbocycles. The van der Waals surface area contributed by atoms with Crippen molar-refractivity contribution < 1.29 is 5.11 Å². The summed E-state index contributed by atoms with van der Waals surface area (Å²) in [5.74, 6) is 0.326. The molecule has 0 spiro atoms. The largest absolute Gasteiger partial charge is 0.508 e. The third-order valence-corrected chi connectivity index (χ3v) is 2.54. The lowest BCUT2D eigenvalue weighted by Gasteiger charge is -2.10. The molecule has 3 heteroatoms. The third kappa shape index (κ3) is 3.01. The molecule has 0 aliphatic heterocycles. The van der Waals surface area contributed by atoms with Crippen LogP contribution < -0.4 is 5.73 Å². The highest BCUT2D eigenvalue weighted by molar-refractivity contribution is 9.10. The van der Waals surface area contributed by atoms with Crippen molar-refractivity contribution in [2.75, 3.05) is 0 Å². The summed E-state index contributed by atoms with van der Waals surface area (Å²) in [7, 11) is 0. The molecule has 1 aromatic rings. The smallest absolute Gasteiger partial charge is 0.118 e. The quantitative estimate of drug-likeness (QED) is 0.857. The molecule has 0 amide bonds. The van der Waals surface area contributed by atoms with E-state index in [1.807, 2.05) is 19.1 Å². The minimum Gasteiger partial charge on any atom is -0.508 e. The number of nitrogens with two attached hydrogens (primary N) is 1. The van der Waals surface area contributed by atoms with Gasteiger partial charge in [-0.3, -0.25) is 0 Å². The molecule has 1 unspecified atom stereocenters. The lowest BCUT2D eigenvalue weighted by molar-refractivity contribution is 0.463. The predicted molar refractivity (Wildman–Crippen MR) is 57.8 cm³/mol. The summed E-state index contributed by atoms with van der Waals surface area (Å²) in [5.41, 5.74) is 6.70. The highest BCUT2D eigenvalue weighted by atomic mass is 79.9. The zero-order valence-corrected chi connectivity index (χ0v) is 9.21. The Kier molecular flexibility index (Phi) is 3.75. The van der Waals surface area contributed by atoms with Crippen LogP contribution in [0.5, 0.6) is 5.75 Å². The molecule has 2 nitrogen and oxygen atoms in total. The highest BCUT2D eigenvalue weighted by Crippen LogP contribution is 2.23. The third-order valence-electron chi connectivity index (χ3n) is 2.05. The minimum atomic E-state index is 0.125. The highest BCUT2D eigenvalue weighted by Gasteiger charge is 2.06. The Labute approximate surface area is 86.9 Å². The normalized spacial score (nSPS) is 12.8. The first kappa shape index (κ1) is 10.5. The Bertz CT molecular complexity index is 288. The van der Waals surface area contributed by atoms with Crippen LogP contribution in [0.3, 0.4) is 0 Å². The summed E-state index contributed by atoms with van der Waals surface area (Å²) in [4.78, 5) is 0. The molecule has 1 atom stereocenters. The Morgan fingerprint density at radius 1 is 1.54 bits per heavy atom. The fourth-order valence-electron chi connectivity index (χ4n) is 1.14. The maximum atomic E-state index is 9.50. The standard InChI is InChI=1S/C10H14BrNO/c1-2-9(12)6-7-5-8(11)3-4-10(7)13/h3-5,9,13H,2,6,12H2,1H3. The zero-order chi connectivity index (χ0) is 9.84. The molecule has 0 fully saturated rings. The van der Waals surface area contributed by atoms with Gasteiger partial charge in [0.25, 0.3) is 0 Å². The molecule has 0 saturated heterocycles. The van der Waals surface area contributed by atoms with Crippen LogP contribution in [0.2, 0.25) is 0 Å². The van der Waals surface area contributed by atoms with E-state index in [2.05, 4.69) is 15.9 Å². The Balaban J connectivity index is 2.81. The van der Waals surface area contributed by atoms with Crippen molar-refractivity contribution in [3.8, 4) is 5.75 Å². The van der Waals surface area contributed by atoms with Gasteiger partial charge in [0.15, 0.2) is 0 Å². The van der Waals surface area contributed by atoms with Crippen LogP contribution in [0.25, 0.3) is 0 Å². The topological polar surface area (TPSA) is 46.2 Å². The van der Waals surface area contributed by atoms with Crippen molar-refractivity contribution >= 4 is 15.9 Å². The second-order valence-electron chi connectivity index (χ2n) is 3.15. The Morgan fingerprint density at radius 2 is 2.23 bits per heavy atom. The van der Waals surface area contributed by atoms with E-state index in [9.17, 15) is 5.11 Å². The summed E-state index contributed by atoms with van der Waals surface area (Å²) in [6.45, 7) is 2.04. The molecule has 0 bridgehead atoms. The van der Waals surface area contributed by atoms with Gasteiger partial charge >= 0.3 is 0 Å². The summed E-state index contributed by atoms with van der Waals surface area (Å²) >= 11 is 3.36. The van der Waals surface area contributed by atoms with Crippen LogP contribution in [-0.2, 0) is 6.42 Å². The van der Waals surface area contributed by atoms with Gasteiger partial charge in [0, 0.05) is 10.5 Å². The van der Waals surface area contributed by atoms with Crippen molar-refractivity contribution in [2.45, 2.75) is 25.8 Å². The monoisotopic (exact) mass is 243 g/mol. The van der Waals surface area contributed by atoms with Gasteiger partial charge < -0.3 is 10.8 Å². The fraction of sp³-hybridized carbons (Fsp3) is 0.400. The van der Waals surface area contributed by atoms with E-state index in [-0.39, 0.29) is 6.04 Å². The number of hydrogen-bond donors (Lipinski definition) is 2. The average Bonchev–Trinajstić information content (AvgIpc) is 2.11. The number of benzene rings is 1. The summed E-state index contributed by atoms with van der Waals surface area (Å²) in [5, 5.41) is 9.50. The molecule has 3 N–H and O–H groups in total. The number of halogens is 1. The zero-order valence-electron chi connectivity index (χ0n) is 7.63. The second kappa shape index (κ2) is 4.63. The van der Waals surface area contributed by atoms with Crippen molar-refractivity contribution in [3.63, 3.8) is 0 Å². The van der Waals surface area contributed by atoms with Crippen molar-refractivity contribution in [3.05, 3.63) is 28.2 Å². The van der Waals surface area contributed by atoms with Gasteiger partial charge in [-0.1, -0.05) is 22.9 Å². The lowest BCUT2D eigenvalue weighted by atomic mass is 10.0. The lowest BCUT2D eigenvalue weighted by Crippen LogP contribution is -2.21. The maximum Gasteiger partial charge on any atom is 0.118 e. The van der Waals surface area contributed by atoms with Gasteiger partial charge in [0.2, 0.25) is 0 Å². The molecular weight excluding hydrogens is 230 g/mol. The van der Waals surface area contributed by atoms with E-state index < -0.39 is 0 Å². The van der Waals surface area contributed by atoms with E-state index in [4.69, 9.17) is 5.73 Å². The van der Waals surface area contributed by atoms with Crippen LogP contribution in [0, 0.1) is 0 Å². The maximum absolute atomic E-state index is 9.50. The van der Waals surface area contributed by atoms with E-state index in [0.717, 1.165) is 22.9 Å². The Morgan fingerprint density at radius 3 is 2.85 bits per heavy atom. The number of phenols is 1. The molecular formula is C10H14BrNO. The van der Waals surface area contributed by atoms with Crippen molar-refractivity contribution in [2.24, 2.45) is 5.73 Å². The molecule has 13 heavy (non-hydrogen) atoms. The predicted octanol–water partition coefficient (Wildman–Crippen LogP) is 2.43. The van der Waals surface area contributed by atoms with E-state index >= 15 is 0 Å². The van der Waals surface area contributed by atoms with Gasteiger partial charge in [-0.2, -0.15) is 0 Å². The first-order valence-electron chi connectivity index (χ1n) is 4.36. The SMILES string of the molecule is CCC(N)Cc1cc(Br)ccc1O. The van der Waals surface area contributed by atoms with Crippen LogP contribution in [0.15, 0.2) is 22.7 Å². The summed E-state index contributed by atoms with van der Waals surface area (Å²) in [6.07, 6.45) is 1.65. The van der Waals surface area contributed by atoms with Gasteiger partial charge in [0.1, 0.15) is 5.75 Å². The summed E-state index contributed by atoms with van der Waals surface area (Å²) < 4.78 is 0.976. The van der Waals surface area contributed by atoms with Crippen LogP contribution in [-0.4, -0.2) is 11.1 Å². The van der Waals surface area contributed by atoms with Crippen LogP contribution in [0.4, 0.5) is 0 Å². The first-order chi connectivity index (χ1) is 6.13. The number of hydrogen-bond acceptors (Lipinski definition) is 2. The molecule has 0 aliphatic rings. The van der Waals surface area contributed by atoms with Gasteiger partial charge in [-0.05, 0) is 36.6 Å². The van der Waals surface area contributed by atoms with Gasteiger partial charge in [0.05, 0.1) is 0 Å². The van der Waals surface area contributed by atoms with Crippen molar-refractivity contribution in [1.82, 2.24) is 0 Å². The molecule has 0 radical (unpaired) electrons. The second-order valence-corrected chi connectivity index (χ2v) is 4.06. The molecule has 0 heterocycles. The number of rotatable bonds is 3. The summed E-state index contributed by atoms with van der Waals surface area (Å²) in [6, 6.07) is 5.53. The number of phenolic OH excluding ortho intramolecular Hbond substituents is 1. The molecule has 0 aliphatic carbocycles. The van der Waals surface area contributed by atoms with E-state index in [1.165, 1.54) is 0 Å². The van der Waals surface area contributed by atoms with Crippen LogP contribution in [0.1, 0.15) is 18.9 Å². The van der Waals surface area contributed by atoms with Gasteiger partial charge in [-0.25, -0.2) is 0 Å². The van der Waals surface area contributed by atoms with Gasteiger partial charge in [-0.15, -0.1) is 0 Å². The number of aromatic hydroxyl groups is 1. The van der Waals surface area contributed by atoms with Crippen molar-refractivity contribution in [1.29, 1.82) is 0 Å². The average molecular weight is 244 g/mol. The molecule has 0 aromatic heterocycles. The first-order valence-corrected chi connectivity index (χ1v) is 5.15. The fourth-order valence-corrected chi connectivity index (χ4v) is 1.55.